The van der Waals surface area contributed by atoms with E-state index in [1.54, 1.807) is 18.2 Å². The lowest BCUT2D eigenvalue weighted by atomic mass is 10.00. The summed E-state index contributed by atoms with van der Waals surface area (Å²) in [7, 11) is 1.45. The van der Waals surface area contributed by atoms with E-state index >= 15 is 0 Å². The third kappa shape index (κ3) is 5.37. The number of alkyl halides is 3. The van der Waals surface area contributed by atoms with E-state index in [1.165, 1.54) is 18.1 Å². The van der Waals surface area contributed by atoms with Gasteiger partial charge in [0.25, 0.3) is 5.91 Å². The van der Waals surface area contributed by atoms with E-state index in [0.717, 1.165) is 6.08 Å². The smallest absolute Gasteiger partial charge is 0.415 e. The number of nitrogens with zero attached hydrogens (tertiary/aromatic N) is 1. The van der Waals surface area contributed by atoms with Crippen molar-refractivity contribution >= 4 is 11.5 Å². The second kappa shape index (κ2) is 8.23. The number of ether oxygens (including phenoxy) is 1. The molecule has 0 spiro atoms. The van der Waals surface area contributed by atoms with E-state index in [-0.39, 0.29) is 17.7 Å². The number of methoxy groups -OCH3 is 1. The van der Waals surface area contributed by atoms with Crippen LogP contribution in [0.5, 0.6) is 5.75 Å². The molecular formula is C19H24F3NO2. The molecular weight excluding hydrogens is 331 g/mol. The second-order valence-corrected chi connectivity index (χ2v) is 6.21. The highest BCUT2D eigenvalue weighted by molar-refractivity contribution is 6.20. The van der Waals surface area contributed by atoms with Gasteiger partial charge >= 0.3 is 6.18 Å². The first kappa shape index (κ1) is 20.8. The molecule has 1 amide bonds. The highest BCUT2D eigenvalue weighted by Gasteiger charge is 2.32. The molecule has 0 aliphatic heterocycles. The van der Waals surface area contributed by atoms with E-state index in [0.29, 0.717) is 11.3 Å². The van der Waals surface area contributed by atoms with Crippen LogP contribution in [0, 0.1) is 0 Å². The lowest BCUT2D eigenvalue weighted by molar-refractivity contribution is -0.128. The number of halogens is 3. The Morgan fingerprint density at radius 3 is 2.20 bits per heavy atom. The van der Waals surface area contributed by atoms with E-state index in [1.807, 2.05) is 27.7 Å². The van der Waals surface area contributed by atoms with Crippen LogP contribution in [0.2, 0.25) is 0 Å². The van der Waals surface area contributed by atoms with Crippen molar-refractivity contribution in [2.24, 2.45) is 0 Å². The van der Waals surface area contributed by atoms with Crippen LogP contribution in [-0.2, 0) is 4.79 Å². The highest BCUT2D eigenvalue weighted by atomic mass is 19.4. The van der Waals surface area contributed by atoms with Gasteiger partial charge in [0.2, 0.25) is 0 Å². The Labute approximate surface area is 146 Å². The van der Waals surface area contributed by atoms with Gasteiger partial charge in [-0.25, -0.2) is 0 Å². The molecule has 1 rings (SSSR count). The number of hydrogen-bond acceptors (Lipinski definition) is 2. The van der Waals surface area contributed by atoms with Crippen LogP contribution in [0.25, 0.3) is 5.57 Å². The van der Waals surface area contributed by atoms with Gasteiger partial charge in [-0.3, -0.25) is 4.79 Å². The number of benzene rings is 1. The Hall–Kier alpha value is -2.24. The minimum atomic E-state index is -4.61. The summed E-state index contributed by atoms with van der Waals surface area (Å²) in [5.74, 6) is -0.0295. The predicted molar refractivity (Wildman–Crippen MR) is 93.3 cm³/mol. The van der Waals surface area contributed by atoms with Gasteiger partial charge in [-0.2, -0.15) is 13.2 Å². The SMILES string of the molecule is C=C(/C=C(/C(=O)N(C(C)C)C(C)C)c1cccc(OC)c1)C(F)(F)F. The fourth-order valence-corrected chi connectivity index (χ4v) is 2.52. The molecule has 0 bridgehead atoms. The minimum absolute atomic E-state index is 0.0661. The number of rotatable bonds is 6. The largest absolute Gasteiger partial charge is 0.497 e. The van der Waals surface area contributed by atoms with E-state index in [4.69, 9.17) is 4.74 Å². The highest BCUT2D eigenvalue weighted by Crippen LogP contribution is 2.30. The van der Waals surface area contributed by atoms with Gasteiger partial charge in [0, 0.05) is 23.2 Å². The summed E-state index contributed by atoms with van der Waals surface area (Å²) < 4.78 is 44.0. The molecule has 6 heteroatoms. The maximum atomic E-state index is 13.0. The van der Waals surface area contributed by atoms with Gasteiger partial charge in [0.1, 0.15) is 5.75 Å². The standard InChI is InChI=1S/C19H24F3NO2/c1-12(2)23(13(3)4)18(24)17(10-14(5)19(20,21)22)15-8-7-9-16(11-15)25-6/h7-13H,5H2,1-4,6H3/b17-10+. The van der Waals surface area contributed by atoms with Crippen LogP contribution in [0.15, 0.2) is 42.5 Å². The summed E-state index contributed by atoms with van der Waals surface area (Å²) in [4.78, 5) is 14.5. The van der Waals surface area contributed by atoms with Crippen LogP contribution in [0.3, 0.4) is 0 Å². The van der Waals surface area contributed by atoms with Crippen LogP contribution in [0.1, 0.15) is 33.3 Å². The van der Waals surface area contributed by atoms with E-state index in [9.17, 15) is 18.0 Å². The van der Waals surface area contributed by atoms with Gasteiger partial charge in [-0.05, 0) is 51.5 Å². The topological polar surface area (TPSA) is 29.5 Å². The summed E-state index contributed by atoms with van der Waals surface area (Å²) in [6.45, 7) is 10.3. The molecule has 0 N–H and O–H groups in total. The molecule has 3 nitrogen and oxygen atoms in total. The average Bonchev–Trinajstić information content (AvgIpc) is 2.50. The molecule has 0 atom stereocenters. The number of hydrogen-bond donors (Lipinski definition) is 0. The summed E-state index contributed by atoms with van der Waals surface area (Å²) in [5.41, 5.74) is -0.796. The van der Waals surface area contributed by atoms with Crippen molar-refractivity contribution in [2.45, 2.75) is 46.0 Å². The molecule has 1 aromatic carbocycles. The fraction of sp³-hybridized carbons (Fsp3) is 0.421. The Morgan fingerprint density at radius 2 is 1.76 bits per heavy atom. The van der Waals surface area contributed by atoms with Gasteiger partial charge < -0.3 is 9.64 Å². The van der Waals surface area contributed by atoms with Crippen LogP contribution >= 0.6 is 0 Å². The van der Waals surface area contributed by atoms with Gasteiger partial charge in [0.15, 0.2) is 0 Å². The van der Waals surface area contributed by atoms with Crippen molar-refractivity contribution in [1.82, 2.24) is 4.90 Å². The molecule has 1 aromatic rings. The zero-order chi connectivity index (χ0) is 19.4. The van der Waals surface area contributed by atoms with Crippen molar-refractivity contribution in [1.29, 1.82) is 0 Å². The zero-order valence-corrected chi connectivity index (χ0v) is 15.1. The molecule has 0 saturated heterocycles. The van der Waals surface area contributed by atoms with Crippen LogP contribution in [0.4, 0.5) is 13.2 Å². The van der Waals surface area contributed by atoms with Crippen molar-refractivity contribution < 1.29 is 22.7 Å². The van der Waals surface area contributed by atoms with Crippen molar-refractivity contribution in [3.05, 3.63) is 48.1 Å². The van der Waals surface area contributed by atoms with Crippen molar-refractivity contribution in [3.8, 4) is 5.75 Å². The molecule has 138 valence electrons. The molecule has 0 radical (unpaired) electrons. The summed E-state index contributed by atoms with van der Waals surface area (Å²) >= 11 is 0. The normalized spacial score (nSPS) is 12.5. The molecule has 0 fully saturated rings. The summed E-state index contributed by atoms with van der Waals surface area (Å²) in [5, 5.41) is 0. The van der Waals surface area contributed by atoms with Crippen LogP contribution in [-0.4, -0.2) is 36.2 Å². The second-order valence-electron chi connectivity index (χ2n) is 6.21. The molecule has 25 heavy (non-hydrogen) atoms. The first-order valence-corrected chi connectivity index (χ1v) is 7.94. The van der Waals surface area contributed by atoms with Crippen molar-refractivity contribution in [3.63, 3.8) is 0 Å². The van der Waals surface area contributed by atoms with Crippen LogP contribution < -0.4 is 4.74 Å². The number of amides is 1. The summed E-state index contributed by atoms with van der Waals surface area (Å²) in [6.07, 6.45) is -3.81. The average molecular weight is 355 g/mol. The van der Waals surface area contributed by atoms with Gasteiger partial charge in [0.05, 0.1) is 7.11 Å². The maximum Gasteiger partial charge on any atom is 0.415 e. The molecule has 0 aliphatic rings. The predicted octanol–water partition coefficient (Wildman–Crippen LogP) is 4.84. The Balaban J connectivity index is 3.49. The first-order chi connectivity index (χ1) is 11.5. The Bertz CT molecular complexity index is 653. The monoisotopic (exact) mass is 355 g/mol. The summed E-state index contributed by atoms with van der Waals surface area (Å²) in [6, 6.07) is 6.07. The first-order valence-electron chi connectivity index (χ1n) is 7.94. The van der Waals surface area contributed by atoms with Gasteiger partial charge in [-0.15, -0.1) is 0 Å². The molecule has 0 unspecified atom stereocenters. The van der Waals surface area contributed by atoms with E-state index < -0.39 is 17.7 Å². The third-order valence-electron chi connectivity index (χ3n) is 3.64. The number of carbonyl (C=O) groups is 1. The molecule has 0 heterocycles. The molecule has 0 aliphatic carbocycles. The maximum absolute atomic E-state index is 13.0. The van der Waals surface area contributed by atoms with E-state index in [2.05, 4.69) is 6.58 Å². The quantitative estimate of drug-likeness (QED) is 0.540. The number of allylic oxidation sites excluding steroid dienone is 2. The Kier molecular flexibility index (Phi) is 6.85. The van der Waals surface area contributed by atoms with Crippen molar-refractivity contribution in [2.75, 3.05) is 7.11 Å². The zero-order valence-electron chi connectivity index (χ0n) is 15.1. The molecule has 0 aromatic heterocycles. The van der Waals surface area contributed by atoms with Gasteiger partial charge in [-0.1, -0.05) is 18.7 Å². The third-order valence-corrected chi connectivity index (χ3v) is 3.64. The lowest BCUT2D eigenvalue weighted by Crippen LogP contribution is -2.42. The molecule has 0 saturated carbocycles. The Morgan fingerprint density at radius 1 is 1.20 bits per heavy atom. The fourth-order valence-electron chi connectivity index (χ4n) is 2.52. The minimum Gasteiger partial charge on any atom is -0.497 e. The lowest BCUT2D eigenvalue weighted by Gasteiger charge is -2.32. The number of carbonyl (C=O) groups excluding carboxylic acids is 1.